The second-order valence-electron chi connectivity index (χ2n) is 6.86. The second-order valence-corrected chi connectivity index (χ2v) is 8.95. The fourth-order valence-corrected chi connectivity index (χ4v) is 5.34. The molecule has 1 fully saturated rings. The van der Waals surface area contributed by atoms with E-state index in [1.165, 1.54) is 49.5 Å². The molecule has 4 nitrogen and oxygen atoms in total. The maximum Gasteiger partial charge on any atom is 0.141 e. The summed E-state index contributed by atoms with van der Waals surface area (Å²) in [5, 5.41) is 2.03. The van der Waals surface area contributed by atoms with Gasteiger partial charge in [-0.15, -0.1) is 23.1 Å². The van der Waals surface area contributed by atoms with Crippen molar-refractivity contribution in [3.63, 3.8) is 0 Å². The predicted octanol–water partition coefficient (Wildman–Crippen LogP) is 5.21. The topological polar surface area (TPSA) is 44.9 Å². The van der Waals surface area contributed by atoms with Crippen molar-refractivity contribution >= 4 is 40.3 Å². The van der Waals surface area contributed by atoms with Gasteiger partial charge in [0.1, 0.15) is 5.84 Å². The molecule has 0 saturated carbocycles. The number of hydrogen-bond acceptors (Lipinski definition) is 5. The van der Waals surface area contributed by atoms with Crippen molar-refractivity contribution in [2.24, 2.45) is 10.7 Å². The number of benzene rings is 1. The number of amidine groups is 1. The Kier molecular flexibility index (Phi) is 8.25. The van der Waals surface area contributed by atoms with Crippen molar-refractivity contribution in [1.29, 1.82) is 0 Å². The van der Waals surface area contributed by atoms with E-state index in [0.29, 0.717) is 5.84 Å². The van der Waals surface area contributed by atoms with Gasteiger partial charge >= 0.3 is 0 Å². The van der Waals surface area contributed by atoms with Gasteiger partial charge in [-0.25, -0.2) is 4.99 Å². The van der Waals surface area contributed by atoms with Gasteiger partial charge in [0.25, 0.3) is 0 Å². The van der Waals surface area contributed by atoms with E-state index >= 15 is 0 Å². The lowest BCUT2D eigenvalue weighted by molar-refractivity contribution is 0.233. The number of thioether (sulfide) groups is 1. The normalized spacial score (nSPS) is 17.6. The number of likely N-dealkylation sites (tertiary alicyclic amines) is 1. The summed E-state index contributed by atoms with van der Waals surface area (Å²) in [7, 11) is 0. The molecule has 1 saturated heterocycles. The first-order valence-electron chi connectivity index (χ1n) is 10.4. The molecule has 4 rings (SSSR count). The molecule has 0 amide bonds. The van der Waals surface area contributed by atoms with Gasteiger partial charge in [0.2, 0.25) is 0 Å². The average molecular weight is 417 g/mol. The molecular formula is C22H32N4S2. The van der Waals surface area contributed by atoms with Crippen LogP contribution in [0.25, 0.3) is 0 Å². The van der Waals surface area contributed by atoms with E-state index in [1.54, 1.807) is 11.3 Å². The number of fused-ring (bicyclic) bond motifs is 1. The number of thiophene rings is 1. The second kappa shape index (κ2) is 10.9. The Labute approximate surface area is 177 Å². The van der Waals surface area contributed by atoms with Crippen LogP contribution in [0.2, 0.25) is 0 Å². The van der Waals surface area contributed by atoms with Gasteiger partial charge in [0, 0.05) is 30.3 Å². The maximum absolute atomic E-state index is 6.14. The van der Waals surface area contributed by atoms with E-state index in [-0.39, 0.29) is 0 Å². The number of nitrogens with zero attached hydrogens (tertiary/aromatic N) is 3. The van der Waals surface area contributed by atoms with E-state index in [2.05, 4.69) is 33.0 Å². The lowest BCUT2D eigenvalue weighted by Crippen LogP contribution is -2.39. The van der Waals surface area contributed by atoms with Crippen LogP contribution in [-0.2, 0) is 0 Å². The molecule has 6 heteroatoms. The Hall–Kier alpha value is -1.50. The highest BCUT2D eigenvalue weighted by molar-refractivity contribution is 7.99. The summed E-state index contributed by atoms with van der Waals surface area (Å²) in [4.78, 5) is 12.1. The number of nitrogens with two attached hydrogens (primary N) is 1. The van der Waals surface area contributed by atoms with Crippen LogP contribution in [0.3, 0.4) is 0 Å². The SMILES string of the molecule is CC.NC(=Nc1ccc2c(c1)SCCN2CCN1CCCCC1)c1cccs1. The van der Waals surface area contributed by atoms with Gasteiger partial charge in [0.05, 0.1) is 16.3 Å². The molecule has 0 unspecified atom stereocenters. The van der Waals surface area contributed by atoms with Crippen LogP contribution in [0.5, 0.6) is 0 Å². The summed E-state index contributed by atoms with van der Waals surface area (Å²) in [6.07, 6.45) is 4.12. The molecule has 152 valence electrons. The van der Waals surface area contributed by atoms with Crippen LogP contribution in [0.1, 0.15) is 38.0 Å². The molecule has 2 N–H and O–H groups in total. The van der Waals surface area contributed by atoms with Crippen molar-refractivity contribution in [1.82, 2.24) is 4.90 Å². The summed E-state index contributed by atoms with van der Waals surface area (Å²) >= 11 is 3.56. The van der Waals surface area contributed by atoms with E-state index in [4.69, 9.17) is 5.73 Å². The zero-order valence-corrected chi connectivity index (χ0v) is 18.7. The van der Waals surface area contributed by atoms with E-state index in [9.17, 15) is 0 Å². The van der Waals surface area contributed by atoms with Gasteiger partial charge in [-0.05, 0) is 55.6 Å². The van der Waals surface area contributed by atoms with Crippen molar-refractivity contribution in [2.75, 3.05) is 43.4 Å². The monoisotopic (exact) mass is 416 g/mol. The molecule has 1 aromatic heterocycles. The first kappa shape index (κ1) is 21.2. The Balaban J connectivity index is 0.00000109. The van der Waals surface area contributed by atoms with Crippen LogP contribution in [-0.4, -0.2) is 49.2 Å². The predicted molar refractivity (Wildman–Crippen MR) is 126 cm³/mol. The molecule has 2 aromatic rings. The summed E-state index contributed by atoms with van der Waals surface area (Å²) in [5.41, 5.74) is 8.44. The van der Waals surface area contributed by atoms with Crippen LogP contribution < -0.4 is 10.6 Å². The molecule has 2 aliphatic rings. The number of anilines is 1. The standard InChI is InChI=1S/C20H26N4S2.C2H6/c21-20(18-5-4-13-25-18)22-16-6-7-17-19(15-16)26-14-12-24(17)11-10-23-8-2-1-3-9-23;1-2/h4-7,13,15H,1-3,8-12,14H2,(H2,21,22);1-2H3. The Morgan fingerprint density at radius 3 is 2.64 bits per heavy atom. The van der Waals surface area contributed by atoms with Crippen molar-refractivity contribution in [3.05, 3.63) is 40.6 Å². The van der Waals surface area contributed by atoms with Crippen molar-refractivity contribution in [3.8, 4) is 0 Å². The summed E-state index contributed by atoms with van der Waals surface area (Å²) in [6.45, 7) is 9.96. The average Bonchev–Trinajstić information content (AvgIpc) is 3.29. The zero-order valence-electron chi connectivity index (χ0n) is 17.1. The largest absolute Gasteiger partial charge is 0.383 e. The van der Waals surface area contributed by atoms with Gasteiger partial charge in [-0.3, -0.25) is 0 Å². The van der Waals surface area contributed by atoms with Crippen molar-refractivity contribution < 1.29 is 0 Å². The lowest BCUT2D eigenvalue weighted by Gasteiger charge is -2.34. The number of hydrogen-bond donors (Lipinski definition) is 1. The van der Waals surface area contributed by atoms with Crippen LogP contribution in [0.15, 0.2) is 45.6 Å². The molecule has 0 aliphatic carbocycles. The minimum Gasteiger partial charge on any atom is -0.383 e. The highest BCUT2D eigenvalue weighted by Gasteiger charge is 2.19. The third kappa shape index (κ3) is 5.52. The fourth-order valence-electron chi connectivity index (χ4n) is 3.63. The van der Waals surface area contributed by atoms with E-state index in [0.717, 1.165) is 29.4 Å². The molecule has 1 aromatic carbocycles. The summed E-state index contributed by atoms with van der Waals surface area (Å²) in [6, 6.07) is 10.5. The molecular weight excluding hydrogens is 384 g/mol. The Morgan fingerprint density at radius 1 is 1.07 bits per heavy atom. The van der Waals surface area contributed by atoms with E-state index < -0.39 is 0 Å². The number of aliphatic imine (C=N–C) groups is 1. The molecule has 3 heterocycles. The highest BCUT2D eigenvalue weighted by Crippen LogP contribution is 2.37. The number of rotatable bonds is 5. The fraction of sp³-hybridized carbons (Fsp3) is 0.500. The first-order chi connectivity index (χ1) is 13.8. The van der Waals surface area contributed by atoms with Gasteiger partial charge in [-0.1, -0.05) is 26.3 Å². The van der Waals surface area contributed by atoms with Gasteiger partial charge < -0.3 is 15.5 Å². The third-order valence-electron chi connectivity index (χ3n) is 5.06. The van der Waals surface area contributed by atoms with Gasteiger partial charge in [0.15, 0.2) is 0 Å². The first-order valence-corrected chi connectivity index (χ1v) is 12.3. The molecule has 2 aliphatic heterocycles. The summed E-state index contributed by atoms with van der Waals surface area (Å²) in [5.74, 6) is 1.74. The van der Waals surface area contributed by atoms with Crippen LogP contribution >= 0.6 is 23.1 Å². The Morgan fingerprint density at radius 2 is 1.89 bits per heavy atom. The van der Waals surface area contributed by atoms with Crippen LogP contribution in [0.4, 0.5) is 11.4 Å². The van der Waals surface area contributed by atoms with Gasteiger partial charge in [-0.2, -0.15) is 0 Å². The minimum absolute atomic E-state index is 0.600. The third-order valence-corrected chi connectivity index (χ3v) is 6.98. The van der Waals surface area contributed by atoms with Crippen LogP contribution in [0, 0.1) is 0 Å². The quantitative estimate of drug-likeness (QED) is 0.537. The lowest BCUT2D eigenvalue weighted by atomic mass is 10.1. The Bertz CT molecular complexity index is 752. The molecule has 0 spiro atoms. The molecule has 0 bridgehead atoms. The molecule has 0 radical (unpaired) electrons. The molecule has 28 heavy (non-hydrogen) atoms. The summed E-state index contributed by atoms with van der Waals surface area (Å²) < 4.78 is 0. The van der Waals surface area contributed by atoms with E-state index in [1.807, 2.05) is 43.1 Å². The van der Waals surface area contributed by atoms with Crippen molar-refractivity contribution in [2.45, 2.75) is 38.0 Å². The smallest absolute Gasteiger partial charge is 0.141 e. The molecule has 0 atom stereocenters. The highest BCUT2D eigenvalue weighted by atomic mass is 32.2. The zero-order chi connectivity index (χ0) is 19.8. The number of piperidine rings is 1. The maximum atomic E-state index is 6.14. The minimum atomic E-state index is 0.600.